The number of carboxylic acid groups (broad SMARTS) is 1. The average Bonchev–Trinajstić information content (AvgIpc) is 3.17. The Morgan fingerprint density at radius 3 is 2.17 bits per heavy atom. The molecule has 1 aliphatic carbocycles. The van der Waals surface area contributed by atoms with Gasteiger partial charge in [-0.1, -0.05) is 41.4 Å². The number of carboxylic acids is 1. The molecular formula is C17H16ClNO4S. The zero-order valence-corrected chi connectivity index (χ0v) is 14.4. The molecule has 0 spiro atoms. The van der Waals surface area contributed by atoms with Crippen molar-refractivity contribution in [2.45, 2.75) is 28.5 Å². The lowest BCUT2D eigenvalue weighted by Gasteiger charge is -2.07. The number of sulfone groups is 1. The molecule has 7 heteroatoms. The summed E-state index contributed by atoms with van der Waals surface area (Å²) in [5, 5.41) is 8.70. The predicted molar refractivity (Wildman–Crippen MR) is 90.9 cm³/mol. The number of rotatable bonds is 4. The SMILES string of the molecule is Cc1ccc([C@@H]2[C@@H](S(=O)(=O)c3ccc(Cl)cc3)[C@]2(N)C(=O)O)cc1. The van der Waals surface area contributed by atoms with Crippen LogP contribution in [0.5, 0.6) is 0 Å². The summed E-state index contributed by atoms with van der Waals surface area (Å²) >= 11 is 5.79. The van der Waals surface area contributed by atoms with Crippen molar-refractivity contribution >= 4 is 27.4 Å². The van der Waals surface area contributed by atoms with Crippen LogP contribution in [-0.4, -0.2) is 30.3 Å². The third kappa shape index (κ3) is 2.51. The van der Waals surface area contributed by atoms with Gasteiger partial charge in [0.05, 0.1) is 4.90 Å². The van der Waals surface area contributed by atoms with E-state index < -0.39 is 32.5 Å². The quantitative estimate of drug-likeness (QED) is 0.866. The summed E-state index contributed by atoms with van der Waals surface area (Å²) in [5.74, 6) is -2.12. The van der Waals surface area contributed by atoms with Gasteiger partial charge >= 0.3 is 5.97 Å². The average molecular weight is 366 g/mol. The van der Waals surface area contributed by atoms with Crippen molar-refractivity contribution in [1.29, 1.82) is 0 Å². The van der Waals surface area contributed by atoms with Gasteiger partial charge in [-0.2, -0.15) is 0 Å². The molecule has 24 heavy (non-hydrogen) atoms. The molecule has 0 aromatic heterocycles. The van der Waals surface area contributed by atoms with E-state index in [9.17, 15) is 18.3 Å². The molecule has 0 unspecified atom stereocenters. The van der Waals surface area contributed by atoms with Crippen LogP contribution in [0.3, 0.4) is 0 Å². The van der Waals surface area contributed by atoms with E-state index in [1.165, 1.54) is 24.3 Å². The van der Waals surface area contributed by atoms with E-state index >= 15 is 0 Å². The number of hydrogen-bond acceptors (Lipinski definition) is 4. The van der Waals surface area contributed by atoms with E-state index in [-0.39, 0.29) is 4.90 Å². The van der Waals surface area contributed by atoms with Crippen LogP contribution >= 0.6 is 11.6 Å². The maximum absolute atomic E-state index is 12.9. The van der Waals surface area contributed by atoms with Gasteiger partial charge in [0.2, 0.25) is 0 Å². The van der Waals surface area contributed by atoms with E-state index in [0.717, 1.165) is 5.56 Å². The van der Waals surface area contributed by atoms with E-state index in [4.69, 9.17) is 17.3 Å². The molecule has 1 fully saturated rings. The van der Waals surface area contributed by atoms with Crippen LogP contribution in [0.15, 0.2) is 53.4 Å². The minimum Gasteiger partial charge on any atom is -0.480 e. The monoisotopic (exact) mass is 365 g/mol. The first-order chi connectivity index (χ1) is 11.2. The highest BCUT2D eigenvalue weighted by Gasteiger charge is 2.74. The maximum Gasteiger partial charge on any atom is 0.325 e. The van der Waals surface area contributed by atoms with Crippen molar-refractivity contribution in [1.82, 2.24) is 0 Å². The molecule has 0 heterocycles. The largest absolute Gasteiger partial charge is 0.480 e. The highest BCUT2D eigenvalue weighted by Crippen LogP contribution is 2.55. The lowest BCUT2D eigenvalue weighted by molar-refractivity contribution is -0.139. The topological polar surface area (TPSA) is 97.5 Å². The Bertz CT molecular complexity index is 893. The Kier molecular flexibility index (Phi) is 3.94. The van der Waals surface area contributed by atoms with Crippen molar-refractivity contribution in [2.75, 3.05) is 0 Å². The molecule has 3 N–H and O–H groups in total. The Balaban J connectivity index is 2.06. The summed E-state index contributed by atoms with van der Waals surface area (Å²) < 4.78 is 25.8. The van der Waals surface area contributed by atoms with E-state index in [1.54, 1.807) is 12.1 Å². The molecule has 1 saturated carbocycles. The Morgan fingerprint density at radius 2 is 1.67 bits per heavy atom. The Labute approximate surface area is 145 Å². The first kappa shape index (κ1) is 17.0. The van der Waals surface area contributed by atoms with Gasteiger partial charge < -0.3 is 10.8 Å². The molecule has 126 valence electrons. The highest BCUT2D eigenvalue weighted by molar-refractivity contribution is 7.92. The van der Waals surface area contributed by atoms with Gasteiger partial charge in [-0.15, -0.1) is 0 Å². The molecule has 5 nitrogen and oxygen atoms in total. The zero-order valence-electron chi connectivity index (χ0n) is 12.8. The first-order valence-electron chi connectivity index (χ1n) is 7.27. The van der Waals surface area contributed by atoms with Gasteiger partial charge in [-0.3, -0.25) is 4.79 Å². The predicted octanol–water partition coefficient (Wildman–Crippen LogP) is 2.37. The Morgan fingerprint density at radius 1 is 1.12 bits per heavy atom. The van der Waals surface area contributed by atoms with Crippen LogP contribution in [0.1, 0.15) is 17.0 Å². The number of carbonyl (C=O) groups is 1. The lowest BCUT2D eigenvalue weighted by Crippen LogP contribution is -2.39. The highest BCUT2D eigenvalue weighted by atomic mass is 35.5. The number of aryl methyl sites for hydroxylation is 1. The third-order valence-electron chi connectivity index (χ3n) is 4.46. The fourth-order valence-electron chi connectivity index (χ4n) is 3.06. The third-order valence-corrected chi connectivity index (χ3v) is 6.97. The number of hydrogen-bond donors (Lipinski definition) is 2. The second kappa shape index (κ2) is 5.58. The molecule has 0 bridgehead atoms. The van der Waals surface area contributed by atoms with Gasteiger partial charge in [0.1, 0.15) is 10.8 Å². The van der Waals surface area contributed by atoms with Gasteiger partial charge in [0, 0.05) is 10.9 Å². The van der Waals surface area contributed by atoms with Crippen LogP contribution in [0.4, 0.5) is 0 Å². The van der Waals surface area contributed by atoms with Crippen LogP contribution in [0.25, 0.3) is 0 Å². The van der Waals surface area contributed by atoms with Gasteiger partial charge in [-0.25, -0.2) is 8.42 Å². The molecule has 2 aromatic carbocycles. The second-order valence-corrected chi connectivity index (χ2v) is 8.55. The van der Waals surface area contributed by atoms with Crippen molar-refractivity contribution in [3.05, 3.63) is 64.7 Å². The molecule has 0 aliphatic heterocycles. The van der Waals surface area contributed by atoms with Gasteiger partial charge in [-0.05, 0) is 36.8 Å². The summed E-state index contributed by atoms with van der Waals surface area (Å²) in [6, 6.07) is 12.7. The van der Waals surface area contributed by atoms with E-state index in [0.29, 0.717) is 10.6 Å². The van der Waals surface area contributed by atoms with Crippen LogP contribution < -0.4 is 5.73 Å². The summed E-state index contributed by atoms with van der Waals surface area (Å²) in [6.07, 6.45) is 0. The van der Waals surface area contributed by atoms with Crippen LogP contribution in [0.2, 0.25) is 5.02 Å². The van der Waals surface area contributed by atoms with Crippen molar-refractivity contribution in [2.24, 2.45) is 5.73 Å². The fraction of sp³-hybridized carbons (Fsp3) is 0.235. The molecule has 0 amide bonds. The summed E-state index contributed by atoms with van der Waals surface area (Å²) in [7, 11) is -3.91. The molecular weight excluding hydrogens is 350 g/mol. The van der Waals surface area contributed by atoms with Gasteiger partial charge in [0.25, 0.3) is 0 Å². The molecule has 0 radical (unpaired) electrons. The summed E-state index contributed by atoms with van der Waals surface area (Å²) in [5.41, 5.74) is 5.76. The first-order valence-corrected chi connectivity index (χ1v) is 9.19. The number of aliphatic carboxylic acids is 1. The zero-order chi connectivity index (χ0) is 17.7. The van der Waals surface area contributed by atoms with Crippen molar-refractivity contribution in [3.63, 3.8) is 0 Å². The van der Waals surface area contributed by atoms with Crippen molar-refractivity contribution < 1.29 is 18.3 Å². The molecule has 1 aliphatic rings. The minimum atomic E-state index is -3.91. The summed E-state index contributed by atoms with van der Waals surface area (Å²) in [4.78, 5) is 11.7. The second-order valence-electron chi connectivity index (χ2n) is 6.05. The smallest absolute Gasteiger partial charge is 0.325 e. The number of benzene rings is 2. The maximum atomic E-state index is 12.9. The van der Waals surface area contributed by atoms with Gasteiger partial charge in [0.15, 0.2) is 9.84 Å². The lowest BCUT2D eigenvalue weighted by atomic mass is 10.1. The van der Waals surface area contributed by atoms with Crippen LogP contribution in [-0.2, 0) is 14.6 Å². The molecule has 3 atom stereocenters. The molecule has 0 saturated heterocycles. The van der Waals surface area contributed by atoms with E-state index in [2.05, 4.69) is 0 Å². The Hall–Kier alpha value is -1.89. The normalized spacial score (nSPS) is 26.1. The number of halogens is 1. The van der Waals surface area contributed by atoms with Crippen LogP contribution in [0, 0.1) is 6.92 Å². The van der Waals surface area contributed by atoms with Crippen molar-refractivity contribution in [3.8, 4) is 0 Å². The minimum absolute atomic E-state index is 0.0163. The fourth-order valence-corrected chi connectivity index (χ4v) is 5.42. The molecule has 2 aromatic rings. The number of nitrogens with two attached hydrogens (primary N) is 1. The van der Waals surface area contributed by atoms with E-state index in [1.807, 2.05) is 19.1 Å². The summed E-state index contributed by atoms with van der Waals surface area (Å²) in [6.45, 7) is 1.89. The molecule has 3 rings (SSSR count). The standard InChI is InChI=1S/C17H16ClNO4S/c1-10-2-4-11(5-3-10)14-15(17(14,19)16(20)21)24(22,23)13-8-6-12(18)7-9-13/h2-9,14-15H,19H2,1H3,(H,20,21)/t14-,15-,17+/m1/s1.